The fourth-order valence-electron chi connectivity index (χ4n) is 3.60. The third-order valence-electron chi connectivity index (χ3n) is 5.09. The van der Waals surface area contributed by atoms with Crippen LogP contribution in [0.5, 0.6) is 0 Å². The van der Waals surface area contributed by atoms with Crippen LogP contribution >= 0.6 is 0 Å². The Bertz CT molecular complexity index is 752. The number of nitrogens with one attached hydrogen (secondary N) is 1. The quantitative estimate of drug-likeness (QED) is 0.884. The lowest BCUT2D eigenvalue weighted by atomic mass is 10.2. The zero-order valence-corrected chi connectivity index (χ0v) is 14.5. The number of hydrogen-bond donors (Lipinski definition) is 1. The van der Waals surface area contributed by atoms with Gasteiger partial charge in [0, 0.05) is 42.8 Å². The molecule has 24 heavy (non-hydrogen) atoms. The minimum atomic E-state index is -0.380. The SMILES string of the molecule is CN(CCN(C)C1CCCC1)Cc1cc(=O)c2cccc(F)c2[nH]1. The topological polar surface area (TPSA) is 39.3 Å². The molecule has 1 aromatic heterocycles. The molecule has 0 saturated heterocycles. The van der Waals surface area contributed by atoms with Gasteiger partial charge in [-0.1, -0.05) is 18.9 Å². The number of hydrogen-bond acceptors (Lipinski definition) is 3. The standard InChI is InChI=1S/C19H26FN3O/c1-22(10-11-23(2)15-6-3-4-7-15)13-14-12-18(24)16-8-5-9-17(20)19(16)21-14/h5,8-9,12,15H,3-4,6-7,10-11,13H2,1-2H3,(H,21,24). The first-order chi connectivity index (χ1) is 11.5. The highest BCUT2D eigenvalue weighted by Gasteiger charge is 2.19. The number of nitrogens with zero attached hydrogens (tertiary/aromatic N) is 2. The van der Waals surface area contributed by atoms with Crippen LogP contribution in [0, 0.1) is 5.82 Å². The van der Waals surface area contributed by atoms with Gasteiger partial charge in [-0.2, -0.15) is 0 Å². The molecule has 1 fully saturated rings. The van der Waals surface area contributed by atoms with Gasteiger partial charge < -0.3 is 9.88 Å². The Balaban J connectivity index is 1.63. The van der Waals surface area contributed by atoms with E-state index in [4.69, 9.17) is 0 Å². The maximum absolute atomic E-state index is 13.9. The molecule has 0 amide bonds. The number of H-pyrrole nitrogens is 1. The number of halogens is 1. The van der Waals surface area contributed by atoms with Crippen LogP contribution in [0.25, 0.3) is 10.9 Å². The lowest BCUT2D eigenvalue weighted by molar-refractivity contribution is 0.203. The van der Waals surface area contributed by atoms with E-state index in [1.54, 1.807) is 18.2 Å². The number of para-hydroxylation sites is 1. The predicted octanol–water partition coefficient (Wildman–Crippen LogP) is 2.97. The molecule has 0 bridgehead atoms. The molecule has 4 nitrogen and oxygen atoms in total. The highest BCUT2D eigenvalue weighted by Crippen LogP contribution is 2.22. The Kier molecular flexibility index (Phi) is 5.31. The van der Waals surface area contributed by atoms with Crippen molar-refractivity contribution in [3.05, 3.63) is 46.0 Å². The number of pyridine rings is 1. The summed E-state index contributed by atoms with van der Waals surface area (Å²) >= 11 is 0. The van der Waals surface area contributed by atoms with Gasteiger partial charge >= 0.3 is 0 Å². The third-order valence-corrected chi connectivity index (χ3v) is 5.09. The van der Waals surface area contributed by atoms with Crippen LogP contribution in [-0.2, 0) is 6.54 Å². The van der Waals surface area contributed by atoms with Crippen molar-refractivity contribution >= 4 is 10.9 Å². The molecule has 1 aliphatic carbocycles. The van der Waals surface area contributed by atoms with Gasteiger partial charge in [0.05, 0.1) is 5.52 Å². The van der Waals surface area contributed by atoms with Crippen molar-refractivity contribution < 1.29 is 4.39 Å². The van der Waals surface area contributed by atoms with E-state index in [0.29, 0.717) is 23.5 Å². The minimum absolute atomic E-state index is 0.130. The van der Waals surface area contributed by atoms with Crippen molar-refractivity contribution in [2.24, 2.45) is 0 Å². The monoisotopic (exact) mass is 331 g/mol. The molecule has 1 aromatic carbocycles. The molecule has 1 saturated carbocycles. The second-order valence-electron chi connectivity index (χ2n) is 6.98. The maximum Gasteiger partial charge on any atom is 0.189 e. The van der Waals surface area contributed by atoms with E-state index in [9.17, 15) is 9.18 Å². The molecular formula is C19H26FN3O. The summed E-state index contributed by atoms with van der Waals surface area (Å²) in [5.41, 5.74) is 0.926. The second kappa shape index (κ2) is 7.45. The van der Waals surface area contributed by atoms with E-state index in [2.05, 4.69) is 21.8 Å². The largest absolute Gasteiger partial charge is 0.355 e. The molecule has 5 heteroatoms. The fraction of sp³-hybridized carbons (Fsp3) is 0.526. The molecule has 0 radical (unpaired) electrons. The van der Waals surface area contributed by atoms with E-state index >= 15 is 0 Å². The molecule has 0 unspecified atom stereocenters. The normalized spacial score (nSPS) is 15.9. The number of likely N-dealkylation sites (N-methyl/N-ethyl adjacent to an activating group) is 2. The van der Waals surface area contributed by atoms with Gasteiger partial charge in [-0.05, 0) is 39.1 Å². The Morgan fingerprint density at radius 1 is 1.21 bits per heavy atom. The van der Waals surface area contributed by atoms with Crippen LogP contribution in [0.3, 0.4) is 0 Å². The molecule has 1 aliphatic rings. The summed E-state index contributed by atoms with van der Waals surface area (Å²) in [6.45, 7) is 2.54. The van der Waals surface area contributed by atoms with Gasteiger partial charge in [0.2, 0.25) is 0 Å². The first-order valence-corrected chi connectivity index (χ1v) is 8.74. The average Bonchev–Trinajstić information content (AvgIpc) is 3.08. The molecule has 1 heterocycles. The lowest BCUT2D eigenvalue weighted by Gasteiger charge is -2.26. The van der Waals surface area contributed by atoms with Crippen LogP contribution in [0.2, 0.25) is 0 Å². The molecule has 2 aromatic rings. The summed E-state index contributed by atoms with van der Waals surface area (Å²) < 4.78 is 13.9. The third kappa shape index (κ3) is 3.84. The number of aromatic amines is 1. The first kappa shape index (κ1) is 17.1. The summed E-state index contributed by atoms with van der Waals surface area (Å²) in [6, 6.07) is 6.90. The summed E-state index contributed by atoms with van der Waals surface area (Å²) in [6.07, 6.45) is 5.29. The zero-order chi connectivity index (χ0) is 17.1. The molecule has 130 valence electrons. The highest BCUT2D eigenvalue weighted by molar-refractivity contribution is 5.78. The first-order valence-electron chi connectivity index (χ1n) is 8.74. The molecule has 0 aliphatic heterocycles. The van der Waals surface area contributed by atoms with Crippen molar-refractivity contribution in [1.82, 2.24) is 14.8 Å². The predicted molar refractivity (Wildman–Crippen MR) is 95.7 cm³/mol. The number of aromatic nitrogens is 1. The van der Waals surface area contributed by atoms with Gasteiger partial charge in [0.1, 0.15) is 5.82 Å². The Morgan fingerprint density at radius 3 is 2.71 bits per heavy atom. The summed E-state index contributed by atoms with van der Waals surface area (Å²) in [5, 5.41) is 0.405. The average molecular weight is 331 g/mol. The zero-order valence-electron chi connectivity index (χ0n) is 14.5. The van der Waals surface area contributed by atoms with Crippen LogP contribution in [0.4, 0.5) is 4.39 Å². The van der Waals surface area contributed by atoms with E-state index in [-0.39, 0.29) is 11.2 Å². The van der Waals surface area contributed by atoms with Crippen molar-refractivity contribution in [1.29, 1.82) is 0 Å². The molecular weight excluding hydrogens is 305 g/mol. The maximum atomic E-state index is 13.9. The molecule has 0 spiro atoms. The second-order valence-corrected chi connectivity index (χ2v) is 6.98. The molecule has 1 N–H and O–H groups in total. The number of benzene rings is 1. The molecule has 3 rings (SSSR count). The van der Waals surface area contributed by atoms with Gasteiger partial charge in [-0.15, -0.1) is 0 Å². The Labute approximate surface area is 142 Å². The van der Waals surface area contributed by atoms with Gasteiger partial charge in [0.25, 0.3) is 0 Å². The molecule has 0 atom stereocenters. The van der Waals surface area contributed by atoms with Crippen molar-refractivity contribution in [3.8, 4) is 0 Å². The van der Waals surface area contributed by atoms with Crippen molar-refractivity contribution in [3.63, 3.8) is 0 Å². The summed E-state index contributed by atoms with van der Waals surface area (Å²) in [4.78, 5) is 19.8. The van der Waals surface area contributed by atoms with Crippen LogP contribution in [0.1, 0.15) is 31.4 Å². The smallest absolute Gasteiger partial charge is 0.189 e. The van der Waals surface area contributed by atoms with Crippen molar-refractivity contribution in [2.45, 2.75) is 38.3 Å². The van der Waals surface area contributed by atoms with Crippen LogP contribution in [-0.4, -0.2) is 48.0 Å². The van der Waals surface area contributed by atoms with Crippen LogP contribution in [0.15, 0.2) is 29.1 Å². The minimum Gasteiger partial charge on any atom is -0.355 e. The number of rotatable bonds is 6. The van der Waals surface area contributed by atoms with E-state index in [1.807, 2.05) is 7.05 Å². The summed E-state index contributed by atoms with van der Waals surface area (Å²) in [7, 11) is 4.23. The van der Waals surface area contributed by atoms with Crippen molar-refractivity contribution in [2.75, 3.05) is 27.2 Å². The van der Waals surface area contributed by atoms with E-state index < -0.39 is 0 Å². The van der Waals surface area contributed by atoms with Crippen LogP contribution < -0.4 is 5.43 Å². The Morgan fingerprint density at radius 2 is 1.96 bits per heavy atom. The van der Waals surface area contributed by atoms with E-state index in [0.717, 1.165) is 18.8 Å². The van der Waals surface area contributed by atoms with Gasteiger partial charge in [-0.3, -0.25) is 9.69 Å². The number of fused-ring (bicyclic) bond motifs is 1. The Hall–Kier alpha value is -1.72. The van der Waals surface area contributed by atoms with E-state index in [1.165, 1.54) is 31.7 Å². The highest BCUT2D eigenvalue weighted by atomic mass is 19.1. The van der Waals surface area contributed by atoms with Gasteiger partial charge in [0.15, 0.2) is 5.43 Å². The lowest BCUT2D eigenvalue weighted by Crippen LogP contribution is -2.36. The fourth-order valence-corrected chi connectivity index (χ4v) is 3.60. The summed E-state index contributed by atoms with van der Waals surface area (Å²) in [5.74, 6) is -0.380. The van der Waals surface area contributed by atoms with Gasteiger partial charge in [-0.25, -0.2) is 4.39 Å².